The average molecular weight is 402 g/mol. The van der Waals surface area contributed by atoms with Crippen LogP contribution in [0, 0.1) is 6.92 Å². The number of hydrogen-bond acceptors (Lipinski definition) is 6. The maximum Gasteiger partial charge on any atom is 0.343 e. The van der Waals surface area contributed by atoms with E-state index in [9.17, 15) is 9.59 Å². The number of carbonyl (C=O) groups is 1. The van der Waals surface area contributed by atoms with Crippen LogP contribution in [0.2, 0.25) is 0 Å². The van der Waals surface area contributed by atoms with Crippen molar-refractivity contribution in [2.24, 2.45) is 0 Å². The first-order valence-electron chi connectivity index (χ1n) is 9.22. The molecule has 0 saturated heterocycles. The number of aryl methyl sites for hydroxylation is 1. The predicted molar refractivity (Wildman–Crippen MR) is 112 cm³/mol. The molecule has 0 aliphatic carbocycles. The molecular formula is C24H18O6. The van der Waals surface area contributed by atoms with E-state index in [2.05, 4.69) is 0 Å². The summed E-state index contributed by atoms with van der Waals surface area (Å²) in [5, 5.41) is 0.310. The molecule has 0 radical (unpaired) electrons. The van der Waals surface area contributed by atoms with Crippen LogP contribution in [0.15, 0.2) is 82.0 Å². The number of para-hydroxylation sites is 2. The van der Waals surface area contributed by atoms with Crippen LogP contribution < -0.4 is 19.6 Å². The van der Waals surface area contributed by atoms with E-state index in [4.69, 9.17) is 18.6 Å². The number of methoxy groups -OCH3 is 1. The zero-order chi connectivity index (χ0) is 21.1. The molecular weight excluding hydrogens is 384 g/mol. The summed E-state index contributed by atoms with van der Waals surface area (Å²) in [6.45, 7) is 1.63. The highest BCUT2D eigenvalue weighted by atomic mass is 16.5. The standard InChI is InChI=1S/C24H18O6/c1-15-23(30-20-11-7-6-10-19(20)27-2)22(25)18-13-12-17(14-21(18)28-15)29-24(26)16-8-4-3-5-9-16/h3-14H,1-2H3. The maximum absolute atomic E-state index is 13.0. The molecule has 0 bridgehead atoms. The van der Waals surface area contributed by atoms with Crippen molar-refractivity contribution in [1.82, 2.24) is 0 Å². The lowest BCUT2D eigenvalue weighted by molar-refractivity contribution is 0.0735. The fourth-order valence-electron chi connectivity index (χ4n) is 3.00. The second kappa shape index (κ2) is 8.13. The van der Waals surface area contributed by atoms with Gasteiger partial charge in [-0.05, 0) is 43.3 Å². The summed E-state index contributed by atoms with van der Waals surface area (Å²) in [7, 11) is 1.52. The fraction of sp³-hybridized carbons (Fsp3) is 0.0833. The summed E-state index contributed by atoms with van der Waals surface area (Å²) in [6.07, 6.45) is 0. The third-order valence-electron chi connectivity index (χ3n) is 4.49. The van der Waals surface area contributed by atoms with Crippen molar-refractivity contribution in [1.29, 1.82) is 0 Å². The van der Waals surface area contributed by atoms with Crippen molar-refractivity contribution in [3.05, 3.63) is 94.3 Å². The molecule has 1 heterocycles. The molecule has 0 spiro atoms. The number of hydrogen-bond donors (Lipinski definition) is 0. The van der Waals surface area contributed by atoms with Gasteiger partial charge in [-0.1, -0.05) is 30.3 Å². The van der Waals surface area contributed by atoms with E-state index >= 15 is 0 Å². The Morgan fingerprint density at radius 2 is 1.60 bits per heavy atom. The van der Waals surface area contributed by atoms with Gasteiger partial charge in [-0.2, -0.15) is 0 Å². The van der Waals surface area contributed by atoms with Gasteiger partial charge in [0.15, 0.2) is 11.5 Å². The van der Waals surface area contributed by atoms with Gasteiger partial charge in [-0.25, -0.2) is 4.79 Å². The topological polar surface area (TPSA) is 75.0 Å². The molecule has 1 aromatic heterocycles. The lowest BCUT2D eigenvalue weighted by atomic mass is 10.2. The third kappa shape index (κ3) is 3.75. The first-order valence-corrected chi connectivity index (χ1v) is 9.22. The monoisotopic (exact) mass is 402 g/mol. The van der Waals surface area contributed by atoms with Crippen LogP contribution in [0.5, 0.6) is 23.0 Å². The molecule has 6 nitrogen and oxygen atoms in total. The lowest BCUT2D eigenvalue weighted by Crippen LogP contribution is -2.10. The molecule has 150 valence electrons. The highest BCUT2D eigenvalue weighted by Crippen LogP contribution is 2.32. The van der Waals surface area contributed by atoms with Gasteiger partial charge in [0.25, 0.3) is 0 Å². The predicted octanol–water partition coefficient (Wildman–Crippen LogP) is 5.12. The molecule has 3 aromatic carbocycles. The average Bonchev–Trinajstić information content (AvgIpc) is 2.77. The van der Waals surface area contributed by atoms with Gasteiger partial charge in [0, 0.05) is 6.07 Å². The summed E-state index contributed by atoms with van der Waals surface area (Å²) < 4.78 is 22.3. The van der Waals surface area contributed by atoms with Crippen molar-refractivity contribution in [2.45, 2.75) is 6.92 Å². The van der Waals surface area contributed by atoms with Crippen LogP contribution in [0.1, 0.15) is 16.1 Å². The Hall–Kier alpha value is -4.06. The molecule has 0 aliphatic rings. The number of benzene rings is 3. The molecule has 0 amide bonds. The summed E-state index contributed by atoms with van der Waals surface area (Å²) in [6, 6.07) is 20.3. The Balaban J connectivity index is 1.67. The van der Waals surface area contributed by atoms with E-state index in [1.807, 2.05) is 6.07 Å². The Kier molecular flexibility index (Phi) is 5.22. The number of esters is 1. The van der Waals surface area contributed by atoms with Crippen molar-refractivity contribution in [2.75, 3.05) is 7.11 Å². The molecule has 30 heavy (non-hydrogen) atoms. The molecule has 0 unspecified atom stereocenters. The van der Waals surface area contributed by atoms with Crippen LogP contribution in [0.4, 0.5) is 0 Å². The van der Waals surface area contributed by atoms with E-state index in [-0.39, 0.29) is 16.9 Å². The van der Waals surface area contributed by atoms with E-state index in [0.717, 1.165) is 0 Å². The van der Waals surface area contributed by atoms with Crippen LogP contribution in [-0.2, 0) is 0 Å². The van der Waals surface area contributed by atoms with Crippen molar-refractivity contribution in [3.63, 3.8) is 0 Å². The highest BCUT2D eigenvalue weighted by molar-refractivity contribution is 5.91. The minimum atomic E-state index is -0.495. The van der Waals surface area contributed by atoms with Gasteiger partial charge < -0.3 is 18.6 Å². The largest absolute Gasteiger partial charge is 0.493 e. The quantitative estimate of drug-likeness (QED) is 0.341. The number of rotatable bonds is 5. The second-order valence-corrected chi connectivity index (χ2v) is 6.48. The summed E-state index contributed by atoms with van der Waals surface area (Å²) in [4.78, 5) is 25.2. The van der Waals surface area contributed by atoms with Crippen LogP contribution in [-0.4, -0.2) is 13.1 Å². The van der Waals surface area contributed by atoms with Gasteiger partial charge in [0.05, 0.1) is 18.1 Å². The zero-order valence-electron chi connectivity index (χ0n) is 16.4. The molecule has 0 saturated carbocycles. The van der Waals surface area contributed by atoms with Crippen LogP contribution in [0.25, 0.3) is 11.0 Å². The van der Waals surface area contributed by atoms with E-state index < -0.39 is 5.97 Å². The highest BCUT2D eigenvalue weighted by Gasteiger charge is 2.17. The van der Waals surface area contributed by atoms with E-state index in [1.165, 1.54) is 13.2 Å². The molecule has 6 heteroatoms. The van der Waals surface area contributed by atoms with Gasteiger partial charge in [-0.15, -0.1) is 0 Å². The zero-order valence-corrected chi connectivity index (χ0v) is 16.4. The lowest BCUT2D eigenvalue weighted by Gasteiger charge is -2.12. The Morgan fingerprint density at radius 1 is 0.900 bits per heavy atom. The minimum Gasteiger partial charge on any atom is -0.493 e. The van der Waals surface area contributed by atoms with Gasteiger partial charge in [0.1, 0.15) is 17.1 Å². The van der Waals surface area contributed by atoms with E-state index in [1.54, 1.807) is 67.6 Å². The first kappa shape index (κ1) is 19.3. The molecule has 0 fully saturated rings. The van der Waals surface area contributed by atoms with Gasteiger partial charge >= 0.3 is 5.97 Å². The summed E-state index contributed by atoms with van der Waals surface area (Å²) in [5.74, 6) is 1.05. The van der Waals surface area contributed by atoms with Gasteiger partial charge in [0.2, 0.25) is 11.2 Å². The Bertz CT molecular complexity index is 1270. The minimum absolute atomic E-state index is 0.0704. The van der Waals surface area contributed by atoms with Crippen LogP contribution >= 0.6 is 0 Å². The summed E-state index contributed by atoms with van der Waals surface area (Å²) in [5.41, 5.74) is 0.389. The smallest absolute Gasteiger partial charge is 0.343 e. The van der Waals surface area contributed by atoms with Crippen LogP contribution in [0.3, 0.4) is 0 Å². The molecule has 0 aliphatic heterocycles. The van der Waals surface area contributed by atoms with Crippen molar-refractivity contribution < 1.29 is 23.4 Å². The maximum atomic E-state index is 13.0. The molecule has 4 rings (SSSR count). The van der Waals surface area contributed by atoms with Crippen molar-refractivity contribution in [3.8, 4) is 23.0 Å². The van der Waals surface area contributed by atoms with Crippen molar-refractivity contribution >= 4 is 16.9 Å². The third-order valence-corrected chi connectivity index (χ3v) is 4.49. The normalized spacial score (nSPS) is 10.6. The molecule has 0 N–H and O–H groups in total. The number of fused-ring (bicyclic) bond motifs is 1. The SMILES string of the molecule is COc1ccccc1Oc1c(C)oc2cc(OC(=O)c3ccccc3)ccc2c1=O. The number of ether oxygens (including phenoxy) is 3. The Labute approximate surface area is 172 Å². The second-order valence-electron chi connectivity index (χ2n) is 6.48. The molecule has 0 atom stereocenters. The fourth-order valence-corrected chi connectivity index (χ4v) is 3.00. The first-order chi connectivity index (χ1) is 14.6. The molecule has 4 aromatic rings. The van der Waals surface area contributed by atoms with Gasteiger partial charge in [-0.3, -0.25) is 4.79 Å². The van der Waals surface area contributed by atoms with E-state index in [0.29, 0.717) is 33.8 Å². The number of carbonyl (C=O) groups excluding carboxylic acids is 1. The Morgan fingerprint density at radius 3 is 2.33 bits per heavy atom. The summed E-state index contributed by atoms with van der Waals surface area (Å²) >= 11 is 0.